The molecule has 2 unspecified atom stereocenters. The molecule has 3 aromatic rings. The number of hydrogen-bond donors (Lipinski definition) is 1. The number of aliphatic carboxylic acids is 1. The van der Waals surface area contributed by atoms with E-state index in [2.05, 4.69) is 6.58 Å². The van der Waals surface area contributed by atoms with Crippen LogP contribution in [0.1, 0.15) is 22.6 Å². The van der Waals surface area contributed by atoms with Crippen LogP contribution in [0.5, 0.6) is 17.2 Å². The Morgan fingerprint density at radius 3 is 2.44 bits per heavy atom. The second kappa shape index (κ2) is 9.40. The molecule has 32 heavy (non-hydrogen) atoms. The summed E-state index contributed by atoms with van der Waals surface area (Å²) >= 11 is 1.73. The van der Waals surface area contributed by atoms with Gasteiger partial charge in [0.25, 0.3) is 0 Å². The molecule has 4 rings (SSSR count). The van der Waals surface area contributed by atoms with Crippen LogP contribution in [-0.4, -0.2) is 37.2 Å². The fourth-order valence-electron chi connectivity index (χ4n) is 3.86. The van der Waals surface area contributed by atoms with Gasteiger partial charge in [0, 0.05) is 22.4 Å². The first-order valence-corrected chi connectivity index (χ1v) is 11.0. The maximum Gasteiger partial charge on any atom is 0.335 e. The molecule has 2 atom stereocenters. The molecule has 0 saturated carbocycles. The van der Waals surface area contributed by atoms with Crippen molar-refractivity contribution in [2.45, 2.75) is 16.1 Å². The van der Waals surface area contributed by atoms with E-state index in [0.29, 0.717) is 12.2 Å². The van der Waals surface area contributed by atoms with Gasteiger partial charge in [0.15, 0.2) is 0 Å². The monoisotopic (exact) mass is 448 g/mol. The smallest absolute Gasteiger partial charge is 0.335 e. The highest BCUT2D eigenvalue weighted by atomic mass is 32.2. The Morgan fingerprint density at radius 1 is 1.03 bits per heavy atom. The molecule has 0 saturated heterocycles. The lowest BCUT2D eigenvalue weighted by molar-refractivity contribution is -0.130. The number of rotatable bonds is 7. The molecule has 1 N–H and O–H groups in total. The van der Waals surface area contributed by atoms with Crippen molar-refractivity contribution in [1.29, 1.82) is 0 Å². The zero-order valence-corrected chi connectivity index (χ0v) is 18.7. The molecule has 164 valence electrons. The third-order valence-electron chi connectivity index (χ3n) is 5.53. The zero-order chi connectivity index (χ0) is 22.7. The molecule has 0 aromatic heterocycles. The number of carboxylic acids is 1. The van der Waals surface area contributed by atoms with E-state index in [-0.39, 0.29) is 16.7 Å². The average molecular weight is 449 g/mol. The van der Waals surface area contributed by atoms with Gasteiger partial charge in [-0.3, -0.25) is 0 Å². The maximum absolute atomic E-state index is 11.5. The minimum atomic E-state index is -1.02. The van der Waals surface area contributed by atoms with Crippen LogP contribution in [0.3, 0.4) is 0 Å². The van der Waals surface area contributed by atoms with Gasteiger partial charge in [0.1, 0.15) is 23.9 Å². The summed E-state index contributed by atoms with van der Waals surface area (Å²) in [5, 5.41) is 9.48. The van der Waals surface area contributed by atoms with E-state index < -0.39 is 5.97 Å². The minimum Gasteiger partial charge on any atom is -0.497 e. The lowest BCUT2D eigenvalue weighted by atomic mass is 9.85. The largest absolute Gasteiger partial charge is 0.497 e. The van der Waals surface area contributed by atoms with Crippen LogP contribution in [0.2, 0.25) is 0 Å². The molecule has 5 nitrogen and oxygen atoms in total. The Bertz CT molecular complexity index is 1140. The number of fused-ring (bicyclic) bond motifs is 1. The highest BCUT2D eigenvalue weighted by Gasteiger charge is 2.33. The van der Waals surface area contributed by atoms with Crippen molar-refractivity contribution < 1.29 is 24.1 Å². The second-order valence-corrected chi connectivity index (χ2v) is 8.75. The predicted molar refractivity (Wildman–Crippen MR) is 126 cm³/mol. The summed E-state index contributed by atoms with van der Waals surface area (Å²) < 4.78 is 16.8. The van der Waals surface area contributed by atoms with Gasteiger partial charge in [-0.05, 0) is 41.5 Å². The van der Waals surface area contributed by atoms with E-state index in [9.17, 15) is 9.90 Å². The predicted octanol–water partition coefficient (Wildman–Crippen LogP) is 5.49. The molecular formula is C26H24O5S. The Morgan fingerprint density at radius 2 is 1.75 bits per heavy atom. The lowest BCUT2D eigenvalue weighted by Crippen LogP contribution is -2.29. The quantitative estimate of drug-likeness (QED) is 0.483. The van der Waals surface area contributed by atoms with Gasteiger partial charge >= 0.3 is 5.97 Å². The summed E-state index contributed by atoms with van der Waals surface area (Å²) in [5.74, 6) is 1.30. The van der Waals surface area contributed by atoms with Gasteiger partial charge in [0.2, 0.25) is 0 Å². The van der Waals surface area contributed by atoms with Crippen molar-refractivity contribution >= 4 is 23.3 Å². The van der Waals surface area contributed by atoms with E-state index in [1.54, 1.807) is 32.0 Å². The minimum absolute atomic E-state index is 0.00157. The Balaban J connectivity index is 1.75. The van der Waals surface area contributed by atoms with Crippen molar-refractivity contribution in [2.24, 2.45) is 0 Å². The molecule has 3 aromatic carbocycles. The van der Waals surface area contributed by atoms with E-state index in [4.69, 9.17) is 14.2 Å². The van der Waals surface area contributed by atoms with Gasteiger partial charge in [-0.25, -0.2) is 4.79 Å². The fraction of sp³-hybridized carbons (Fsp3) is 0.192. The number of carbonyl (C=O) groups is 1. The van der Waals surface area contributed by atoms with E-state index in [1.165, 1.54) is 0 Å². The number of thioether (sulfide) groups is 1. The molecular weight excluding hydrogens is 424 g/mol. The summed E-state index contributed by atoms with van der Waals surface area (Å²) in [6.45, 7) is 4.23. The van der Waals surface area contributed by atoms with Gasteiger partial charge in [-0.2, -0.15) is 0 Å². The molecule has 0 aliphatic carbocycles. The third kappa shape index (κ3) is 4.46. The summed E-state index contributed by atoms with van der Waals surface area (Å²) in [6.07, 6.45) is 0. The topological polar surface area (TPSA) is 65.0 Å². The van der Waals surface area contributed by atoms with Crippen LogP contribution in [-0.2, 0) is 4.79 Å². The number of carboxylic acid groups (broad SMARTS) is 1. The Hall–Kier alpha value is -3.38. The van der Waals surface area contributed by atoms with Crippen LogP contribution in [0, 0.1) is 0 Å². The second-order valence-electron chi connectivity index (χ2n) is 7.43. The third-order valence-corrected chi connectivity index (χ3v) is 6.79. The lowest BCUT2D eigenvalue weighted by Gasteiger charge is -2.34. The van der Waals surface area contributed by atoms with E-state index >= 15 is 0 Å². The highest BCUT2D eigenvalue weighted by Crippen LogP contribution is 2.46. The molecule has 0 fully saturated rings. The SMILES string of the molecule is C=C(C(=O)O)c1cccc(C2c3ccc(OC)cc3OCC2Sc2ccc(OC)cc2)c1. The van der Waals surface area contributed by atoms with Gasteiger partial charge in [0.05, 0.1) is 25.0 Å². The Kier molecular flexibility index (Phi) is 6.42. The molecule has 0 amide bonds. The van der Waals surface area contributed by atoms with Crippen molar-refractivity contribution in [2.75, 3.05) is 20.8 Å². The van der Waals surface area contributed by atoms with E-state index in [0.717, 1.165) is 33.3 Å². The average Bonchev–Trinajstić information content (AvgIpc) is 2.83. The molecule has 1 aliphatic heterocycles. The van der Waals surface area contributed by atoms with Crippen LogP contribution in [0.4, 0.5) is 0 Å². The summed E-state index contributed by atoms with van der Waals surface area (Å²) in [6, 6.07) is 21.4. The van der Waals surface area contributed by atoms with Crippen LogP contribution < -0.4 is 14.2 Å². The summed E-state index contributed by atoms with van der Waals surface area (Å²) in [7, 11) is 3.28. The van der Waals surface area contributed by atoms with Crippen LogP contribution >= 0.6 is 11.8 Å². The van der Waals surface area contributed by atoms with Gasteiger partial charge in [-0.1, -0.05) is 36.9 Å². The Labute approximate surface area is 191 Å². The maximum atomic E-state index is 11.5. The zero-order valence-electron chi connectivity index (χ0n) is 17.9. The molecule has 6 heteroatoms. The van der Waals surface area contributed by atoms with Gasteiger partial charge in [-0.15, -0.1) is 11.8 Å². The van der Waals surface area contributed by atoms with Crippen LogP contribution in [0.15, 0.2) is 78.2 Å². The van der Waals surface area contributed by atoms with Crippen molar-refractivity contribution in [1.82, 2.24) is 0 Å². The first kappa shape index (κ1) is 21.8. The van der Waals surface area contributed by atoms with Gasteiger partial charge < -0.3 is 19.3 Å². The molecule has 0 radical (unpaired) electrons. The van der Waals surface area contributed by atoms with E-state index in [1.807, 2.05) is 60.7 Å². The molecule has 0 bridgehead atoms. The number of methoxy groups -OCH3 is 2. The molecule has 1 aliphatic rings. The van der Waals surface area contributed by atoms with Crippen molar-refractivity contribution in [3.63, 3.8) is 0 Å². The number of hydrogen-bond acceptors (Lipinski definition) is 5. The van der Waals surface area contributed by atoms with Crippen molar-refractivity contribution in [3.05, 3.63) is 90.0 Å². The fourth-order valence-corrected chi connectivity index (χ4v) is 5.08. The summed E-state index contributed by atoms with van der Waals surface area (Å²) in [4.78, 5) is 12.6. The first-order valence-electron chi connectivity index (χ1n) is 10.1. The number of ether oxygens (including phenoxy) is 3. The highest BCUT2D eigenvalue weighted by molar-refractivity contribution is 8.00. The summed E-state index contributed by atoms with van der Waals surface area (Å²) in [5.41, 5.74) is 2.74. The standard InChI is InChI=1S/C26H24O5S/c1-16(26(27)28)17-5-4-6-18(13-17)25-22-12-9-20(30-3)14-23(22)31-15-24(25)32-21-10-7-19(29-2)8-11-21/h4-14,24-25H,1,15H2,2-3H3,(H,27,28). The normalized spacial score (nSPS) is 17.1. The number of benzene rings is 3. The molecule has 0 spiro atoms. The first-order chi connectivity index (χ1) is 15.5. The molecule has 1 heterocycles. The van der Waals surface area contributed by atoms with Crippen LogP contribution in [0.25, 0.3) is 5.57 Å². The van der Waals surface area contributed by atoms with Crippen molar-refractivity contribution in [3.8, 4) is 17.2 Å².